The average Bonchev–Trinajstić information content (AvgIpc) is 2.57. The molecule has 0 atom stereocenters. The molecule has 0 amide bonds. The molecule has 2 rings (SSSR count). The van der Waals surface area contributed by atoms with Crippen LogP contribution < -0.4 is 9.47 Å². The minimum absolute atomic E-state index is 0.180. The highest BCUT2D eigenvalue weighted by atomic mass is 16.7. The van der Waals surface area contributed by atoms with Gasteiger partial charge in [-0.3, -0.25) is 0 Å². The van der Waals surface area contributed by atoms with Crippen molar-refractivity contribution in [1.29, 1.82) is 0 Å². The minimum Gasteiger partial charge on any atom is -0.451 e. The minimum atomic E-state index is -0.218. The highest BCUT2D eigenvalue weighted by molar-refractivity contribution is 5.41. The number of hydrogen-bond donors (Lipinski definition) is 1. The third kappa shape index (κ3) is 1.75. The molecule has 0 saturated heterocycles. The molecule has 0 aliphatic carbocycles. The highest BCUT2D eigenvalue weighted by Gasteiger charge is 2.22. The SMILES string of the molecule is OCCCC1Oc2ccccc2O1. The van der Waals surface area contributed by atoms with Gasteiger partial charge in [0.05, 0.1) is 0 Å². The van der Waals surface area contributed by atoms with Crippen LogP contribution in [0.4, 0.5) is 0 Å². The standard InChI is InChI=1S/C10H12O3/c11-7-3-6-10-12-8-4-1-2-5-9(8)13-10/h1-2,4-5,10-11H,3,6-7H2. The van der Waals surface area contributed by atoms with E-state index in [1.807, 2.05) is 24.3 Å². The molecule has 0 unspecified atom stereocenters. The summed E-state index contributed by atoms with van der Waals surface area (Å²) in [6, 6.07) is 7.59. The lowest BCUT2D eigenvalue weighted by atomic mass is 10.3. The molecule has 1 heterocycles. The molecule has 1 aromatic carbocycles. The van der Waals surface area contributed by atoms with Crippen LogP contribution in [0.1, 0.15) is 12.8 Å². The average molecular weight is 180 g/mol. The summed E-state index contributed by atoms with van der Waals surface area (Å²) in [6.07, 6.45) is 1.22. The van der Waals surface area contributed by atoms with Crippen molar-refractivity contribution in [2.24, 2.45) is 0 Å². The van der Waals surface area contributed by atoms with Gasteiger partial charge in [0.25, 0.3) is 0 Å². The van der Waals surface area contributed by atoms with Crippen LogP contribution in [-0.2, 0) is 0 Å². The maximum absolute atomic E-state index is 8.63. The van der Waals surface area contributed by atoms with E-state index in [1.54, 1.807) is 0 Å². The Hall–Kier alpha value is -1.22. The van der Waals surface area contributed by atoms with Crippen molar-refractivity contribution in [3.05, 3.63) is 24.3 Å². The van der Waals surface area contributed by atoms with Crippen LogP contribution >= 0.6 is 0 Å². The van der Waals surface area contributed by atoms with E-state index in [-0.39, 0.29) is 12.9 Å². The smallest absolute Gasteiger partial charge is 0.241 e. The number of aliphatic hydroxyl groups is 1. The van der Waals surface area contributed by atoms with E-state index in [9.17, 15) is 0 Å². The van der Waals surface area contributed by atoms with E-state index < -0.39 is 0 Å². The van der Waals surface area contributed by atoms with Gasteiger partial charge in [0, 0.05) is 13.0 Å². The maximum Gasteiger partial charge on any atom is 0.241 e. The Kier molecular flexibility index (Phi) is 2.36. The molecule has 0 fully saturated rings. The van der Waals surface area contributed by atoms with Crippen molar-refractivity contribution < 1.29 is 14.6 Å². The number of rotatable bonds is 3. The largest absolute Gasteiger partial charge is 0.451 e. The predicted octanol–water partition coefficient (Wildman–Crippen LogP) is 1.56. The number of aliphatic hydroxyl groups excluding tert-OH is 1. The summed E-state index contributed by atoms with van der Waals surface area (Å²) in [5.74, 6) is 1.59. The molecule has 0 saturated carbocycles. The molecule has 0 radical (unpaired) electrons. The van der Waals surface area contributed by atoms with Crippen molar-refractivity contribution in [1.82, 2.24) is 0 Å². The fraction of sp³-hybridized carbons (Fsp3) is 0.400. The highest BCUT2D eigenvalue weighted by Crippen LogP contribution is 2.34. The Balaban J connectivity index is 1.97. The van der Waals surface area contributed by atoms with Crippen molar-refractivity contribution in [3.63, 3.8) is 0 Å². The molecular formula is C10H12O3. The summed E-state index contributed by atoms with van der Waals surface area (Å²) in [7, 11) is 0. The molecule has 1 aromatic rings. The molecule has 0 spiro atoms. The zero-order valence-corrected chi connectivity index (χ0v) is 7.27. The second-order valence-electron chi connectivity index (χ2n) is 2.98. The predicted molar refractivity (Wildman–Crippen MR) is 47.8 cm³/mol. The van der Waals surface area contributed by atoms with Gasteiger partial charge in [-0.05, 0) is 18.6 Å². The Morgan fingerprint density at radius 3 is 2.31 bits per heavy atom. The molecular weight excluding hydrogens is 168 g/mol. The molecule has 0 aromatic heterocycles. The van der Waals surface area contributed by atoms with Gasteiger partial charge in [-0.15, -0.1) is 0 Å². The summed E-state index contributed by atoms with van der Waals surface area (Å²) in [6.45, 7) is 0.180. The monoisotopic (exact) mass is 180 g/mol. The summed E-state index contributed by atoms with van der Waals surface area (Å²) >= 11 is 0. The lowest BCUT2D eigenvalue weighted by Gasteiger charge is -2.08. The summed E-state index contributed by atoms with van der Waals surface area (Å²) < 4.78 is 11.0. The first-order valence-electron chi connectivity index (χ1n) is 4.43. The van der Waals surface area contributed by atoms with Crippen LogP contribution in [0.15, 0.2) is 24.3 Å². The number of fused-ring (bicyclic) bond motifs is 1. The molecule has 1 aliphatic heterocycles. The second-order valence-corrected chi connectivity index (χ2v) is 2.98. The van der Waals surface area contributed by atoms with Crippen LogP contribution in [0.3, 0.4) is 0 Å². The second kappa shape index (κ2) is 3.66. The van der Waals surface area contributed by atoms with E-state index in [1.165, 1.54) is 0 Å². The summed E-state index contributed by atoms with van der Waals surface area (Å²) in [5.41, 5.74) is 0. The molecule has 1 aliphatic rings. The molecule has 70 valence electrons. The van der Waals surface area contributed by atoms with Gasteiger partial charge in [-0.25, -0.2) is 0 Å². The van der Waals surface area contributed by atoms with Gasteiger partial charge in [0.15, 0.2) is 11.5 Å². The first-order valence-corrected chi connectivity index (χ1v) is 4.43. The quantitative estimate of drug-likeness (QED) is 0.767. The summed E-state index contributed by atoms with van der Waals surface area (Å²) in [5, 5.41) is 8.63. The Labute approximate surface area is 76.9 Å². The molecule has 3 heteroatoms. The Bertz CT molecular complexity index is 260. The van der Waals surface area contributed by atoms with E-state index in [4.69, 9.17) is 14.6 Å². The summed E-state index contributed by atoms with van der Waals surface area (Å²) in [4.78, 5) is 0. The third-order valence-electron chi connectivity index (χ3n) is 1.96. The van der Waals surface area contributed by atoms with Crippen molar-refractivity contribution >= 4 is 0 Å². The first-order chi connectivity index (χ1) is 6.40. The van der Waals surface area contributed by atoms with Crippen molar-refractivity contribution in [3.8, 4) is 11.5 Å². The van der Waals surface area contributed by atoms with Crippen LogP contribution in [-0.4, -0.2) is 18.0 Å². The van der Waals surface area contributed by atoms with Gasteiger partial charge >= 0.3 is 0 Å². The Morgan fingerprint density at radius 2 is 1.77 bits per heavy atom. The van der Waals surface area contributed by atoms with Gasteiger partial charge in [-0.2, -0.15) is 0 Å². The van der Waals surface area contributed by atoms with Crippen LogP contribution in [0, 0.1) is 0 Å². The lowest BCUT2D eigenvalue weighted by Crippen LogP contribution is -2.17. The van der Waals surface area contributed by atoms with Gasteiger partial charge < -0.3 is 14.6 Å². The van der Waals surface area contributed by atoms with E-state index in [0.29, 0.717) is 6.42 Å². The molecule has 0 bridgehead atoms. The zero-order chi connectivity index (χ0) is 9.10. The van der Waals surface area contributed by atoms with Crippen molar-refractivity contribution in [2.45, 2.75) is 19.1 Å². The number of benzene rings is 1. The van der Waals surface area contributed by atoms with Crippen molar-refractivity contribution in [2.75, 3.05) is 6.61 Å². The van der Waals surface area contributed by atoms with E-state index in [2.05, 4.69) is 0 Å². The molecule has 3 nitrogen and oxygen atoms in total. The number of para-hydroxylation sites is 2. The topological polar surface area (TPSA) is 38.7 Å². The van der Waals surface area contributed by atoms with Gasteiger partial charge in [-0.1, -0.05) is 12.1 Å². The number of hydrogen-bond acceptors (Lipinski definition) is 3. The van der Waals surface area contributed by atoms with Crippen LogP contribution in [0.5, 0.6) is 11.5 Å². The molecule has 1 N–H and O–H groups in total. The number of ether oxygens (including phenoxy) is 2. The van der Waals surface area contributed by atoms with Gasteiger partial charge in [0.1, 0.15) is 0 Å². The van der Waals surface area contributed by atoms with E-state index >= 15 is 0 Å². The zero-order valence-electron chi connectivity index (χ0n) is 7.27. The van der Waals surface area contributed by atoms with E-state index in [0.717, 1.165) is 17.9 Å². The fourth-order valence-electron chi connectivity index (χ4n) is 1.33. The lowest BCUT2D eigenvalue weighted by molar-refractivity contribution is 0.0359. The third-order valence-corrected chi connectivity index (χ3v) is 1.96. The van der Waals surface area contributed by atoms with Gasteiger partial charge in [0.2, 0.25) is 6.29 Å². The Morgan fingerprint density at radius 1 is 1.15 bits per heavy atom. The van der Waals surface area contributed by atoms with Crippen LogP contribution in [0.2, 0.25) is 0 Å². The normalized spacial score (nSPS) is 14.8. The van der Waals surface area contributed by atoms with Crippen LogP contribution in [0.25, 0.3) is 0 Å². The fourth-order valence-corrected chi connectivity index (χ4v) is 1.33. The molecule has 13 heavy (non-hydrogen) atoms. The maximum atomic E-state index is 8.63. The first kappa shape index (κ1) is 8.38.